The lowest BCUT2D eigenvalue weighted by Crippen LogP contribution is -2.22. The van der Waals surface area contributed by atoms with Crippen LogP contribution in [0.1, 0.15) is 155 Å². The number of carbonyl (C=O) groups excluding carboxylic acids is 1. The molecule has 0 fully saturated rings. The topological polar surface area (TPSA) is 40.1 Å². The molecule has 29 heavy (non-hydrogen) atoms. The minimum Gasteiger partial charge on any atom is -0.545 e. The highest BCUT2D eigenvalue weighted by Crippen LogP contribution is 2.15. The van der Waals surface area contributed by atoms with Gasteiger partial charge in [0.25, 0.3) is 0 Å². The van der Waals surface area contributed by atoms with Crippen molar-refractivity contribution in [3.8, 4) is 0 Å². The number of allylic oxidation sites excluding steroid dienone is 1. The van der Waals surface area contributed by atoms with Gasteiger partial charge in [0.1, 0.15) is 0 Å². The molecule has 0 unspecified atom stereocenters. The van der Waals surface area contributed by atoms with Gasteiger partial charge in [-0.3, -0.25) is 0 Å². The third kappa shape index (κ3) is 23.4. The summed E-state index contributed by atoms with van der Waals surface area (Å²) in [6, 6.07) is 0. The molecule has 0 atom stereocenters. The maximum atomic E-state index is 10.6. The zero-order valence-corrected chi connectivity index (χ0v) is 20.0. The molecule has 0 amide bonds. The second-order valence-electron chi connectivity index (χ2n) is 9.03. The molecule has 0 rings (SSSR count). The van der Waals surface area contributed by atoms with Crippen molar-refractivity contribution in [3.05, 3.63) is 11.6 Å². The van der Waals surface area contributed by atoms with Gasteiger partial charge in [0.05, 0.1) is 5.97 Å². The van der Waals surface area contributed by atoms with Gasteiger partial charge in [-0.25, -0.2) is 0 Å². The number of carboxylic acid groups (broad SMARTS) is 1. The molecule has 0 radical (unpaired) electrons. The van der Waals surface area contributed by atoms with E-state index in [0.29, 0.717) is 5.57 Å². The molecule has 0 saturated heterocycles. The Morgan fingerprint density at radius 1 is 0.552 bits per heavy atom. The third-order valence-electron chi connectivity index (χ3n) is 6.08. The Labute approximate surface area is 182 Å². The molecule has 0 aromatic heterocycles. The van der Waals surface area contributed by atoms with Gasteiger partial charge in [0.2, 0.25) is 0 Å². The van der Waals surface area contributed by atoms with Gasteiger partial charge >= 0.3 is 0 Å². The lowest BCUT2D eigenvalue weighted by Gasteiger charge is -2.04. The van der Waals surface area contributed by atoms with Crippen LogP contribution in [0.15, 0.2) is 11.6 Å². The third-order valence-corrected chi connectivity index (χ3v) is 6.08. The van der Waals surface area contributed by atoms with Crippen LogP contribution in [0.4, 0.5) is 0 Å². The van der Waals surface area contributed by atoms with Crippen LogP contribution in [0.25, 0.3) is 0 Å². The zero-order chi connectivity index (χ0) is 21.4. The minimum atomic E-state index is -1.03. The number of hydrogen-bond acceptors (Lipinski definition) is 2. The van der Waals surface area contributed by atoms with Crippen molar-refractivity contribution < 1.29 is 9.90 Å². The summed E-state index contributed by atoms with van der Waals surface area (Å²) < 4.78 is 0. The van der Waals surface area contributed by atoms with Gasteiger partial charge in [0, 0.05) is 0 Å². The average Bonchev–Trinajstić information content (AvgIpc) is 2.71. The van der Waals surface area contributed by atoms with E-state index in [1.54, 1.807) is 13.0 Å². The van der Waals surface area contributed by atoms with Gasteiger partial charge < -0.3 is 9.90 Å². The lowest BCUT2D eigenvalue weighted by molar-refractivity contribution is -0.299. The minimum absolute atomic E-state index is 0.373. The highest BCUT2D eigenvalue weighted by molar-refractivity contribution is 5.83. The zero-order valence-electron chi connectivity index (χ0n) is 20.0. The normalized spacial score (nSPS) is 11.9. The van der Waals surface area contributed by atoms with Gasteiger partial charge in [-0.2, -0.15) is 0 Å². The van der Waals surface area contributed by atoms with Gasteiger partial charge in [0.15, 0.2) is 0 Å². The fraction of sp³-hybridized carbons (Fsp3) is 0.889. The lowest BCUT2D eigenvalue weighted by atomic mass is 10.0. The Morgan fingerprint density at radius 2 is 0.828 bits per heavy atom. The molecule has 0 saturated carbocycles. The average molecular weight is 408 g/mol. The molecule has 0 bridgehead atoms. The van der Waals surface area contributed by atoms with E-state index in [1.165, 1.54) is 128 Å². The summed E-state index contributed by atoms with van der Waals surface area (Å²) in [5, 5.41) is 10.6. The van der Waals surface area contributed by atoms with Crippen LogP contribution in [0.3, 0.4) is 0 Å². The van der Waals surface area contributed by atoms with E-state index in [9.17, 15) is 9.90 Å². The summed E-state index contributed by atoms with van der Waals surface area (Å²) in [5.74, 6) is -1.03. The smallest absolute Gasteiger partial charge is 0.0668 e. The van der Waals surface area contributed by atoms with E-state index in [4.69, 9.17) is 0 Å². The number of rotatable bonds is 23. The summed E-state index contributed by atoms with van der Waals surface area (Å²) in [7, 11) is 0. The Kier molecular flexibility index (Phi) is 22.8. The first-order chi connectivity index (χ1) is 14.2. The molecule has 0 spiro atoms. The summed E-state index contributed by atoms with van der Waals surface area (Å²) in [4.78, 5) is 10.6. The molecular weight excluding hydrogens is 356 g/mol. The van der Waals surface area contributed by atoms with Crippen LogP contribution in [0, 0.1) is 0 Å². The van der Waals surface area contributed by atoms with Crippen LogP contribution in [-0.4, -0.2) is 5.97 Å². The van der Waals surface area contributed by atoms with E-state index in [1.807, 2.05) is 0 Å². The first-order valence-corrected chi connectivity index (χ1v) is 13.1. The first-order valence-electron chi connectivity index (χ1n) is 13.1. The number of unbranched alkanes of at least 4 members (excludes halogenated alkanes) is 21. The molecule has 0 aliphatic carbocycles. The van der Waals surface area contributed by atoms with Crippen molar-refractivity contribution in [1.82, 2.24) is 0 Å². The molecule has 0 N–H and O–H groups in total. The molecule has 2 heteroatoms. The number of carbonyl (C=O) groups is 1. The van der Waals surface area contributed by atoms with Crippen molar-refractivity contribution in [2.24, 2.45) is 0 Å². The SMILES string of the molecule is CCCCCCCCCCCCCCCCCCCCCCC/C=C(\C)C(=O)[O-]. The van der Waals surface area contributed by atoms with Crippen molar-refractivity contribution in [2.45, 2.75) is 155 Å². The maximum absolute atomic E-state index is 10.6. The Balaban J connectivity index is 3.08. The number of hydrogen-bond donors (Lipinski definition) is 0. The Hall–Kier alpha value is -0.790. The van der Waals surface area contributed by atoms with Gasteiger partial charge in [-0.15, -0.1) is 0 Å². The van der Waals surface area contributed by atoms with Crippen molar-refractivity contribution in [1.29, 1.82) is 0 Å². The number of carboxylic acids is 1. The Bertz CT molecular complexity index is 373. The molecule has 0 heterocycles. The molecule has 0 aliphatic heterocycles. The predicted octanol–water partition coefficient (Wildman–Crippen LogP) is 8.28. The van der Waals surface area contributed by atoms with E-state index in [0.717, 1.165) is 12.8 Å². The summed E-state index contributed by atoms with van der Waals surface area (Å²) in [6.07, 6.45) is 32.0. The molecule has 0 aromatic rings. The van der Waals surface area contributed by atoms with Crippen LogP contribution in [0.2, 0.25) is 0 Å². The summed E-state index contributed by atoms with van der Waals surface area (Å²) in [6.45, 7) is 3.91. The standard InChI is InChI=1S/C27H52O2/c1-3-4-5-6-7-8-9-10-11-12-13-14-15-16-17-18-19-20-21-22-23-24-25-26(2)27(28)29/h25H,3-24H2,1-2H3,(H,28,29)/p-1/b26-25+. The molecule has 0 aliphatic rings. The van der Waals surface area contributed by atoms with Gasteiger partial charge in [-0.1, -0.05) is 141 Å². The molecule has 172 valence electrons. The monoisotopic (exact) mass is 407 g/mol. The van der Waals surface area contributed by atoms with Crippen molar-refractivity contribution in [2.75, 3.05) is 0 Å². The van der Waals surface area contributed by atoms with Crippen LogP contribution < -0.4 is 5.11 Å². The molecular formula is C27H51O2-. The largest absolute Gasteiger partial charge is 0.545 e. The van der Waals surface area contributed by atoms with E-state index in [2.05, 4.69) is 6.92 Å². The van der Waals surface area contributed by atoms with Gasteiger partial charge in [-0.05, 0) is 25.3 Å². The quantitative estimate of drug-likeness (QED) is 0.126. The van der Waals surface area contributed by atoms with Crippen molar-refractivity contribution >= 4 is 5.97 Å². The van der Waals surface area contributed by atoms with Crippen LogP contribution in [-0.2, 0) is 4.79 Å². The Morgan fingerprint density at radius 3 is 1.10 bits per heavy atom. The highest BCUT2D eigenvalue weighted by Gasteiger charge is 1.96. The number of aliphatic carboxylic acids is 1. The van der Waals surface area contributed by atoms with Crippen LogP contribution >= 0.6 is 0 Å². The fourth-order valence-corrected chi connectivity index (χ4v) is 3.98. The highest BCUT2D eigenvalue weighted by atomic mass is 16.4. The maximum Gasteiger partial charge on any atom is 0.0668 e. The van der Waals surface area contributed by atoms with E-state index < -0.39 is 5.97 Å². The summed E-state index contributed by atoms with van der Waals surface area (Å²) in [5.41, 5.74) is 0.373. The first kappa shape index (κ1) is 28.2. The molecule has 2 nitrogen and oxygen atoms in total. The summed E-state index contributed by atoms with van der Waals surface area (Å²) >= 11 is 0. The second-order valence-corrected chi connectivity index (χ2v) is 9.03. The van der Waals surface area contributed by atoms with E-state index in [-0.39, 0.29) is 0 Å². The molecule has 0 aromatic carbocycles. The fourth-order valence-electron chi connectivity index (χ4n) is 3.98. The predicted molar refractivity (Wildman–Crippen MR) is 126 cm³/mol. The second kappa shape index (κ2) is 23.5. The van der Waals surface area contributed by atoms with Crippen LogP contribution in [0.5, 0.6) is 0 Å². The van der Waals surface area contributed by atoms with E-state index >= 15 is 0 Å². The van der Waals surface area contributed by atoms with Crippen molar-refractivity contribution in [3.63, 3.8) is 0 Å².